The Bertz CT molecular complexity index is 1180. The minimum atomic E-state index is -0.721. The van der Waals surface area contributed by atoms with E-state index < -0.39 is 11.6 Å². The first-order chi connectivity index (χ1) is 17.4. The van der Waals surface area contributed by atoms with E-state index in [4.69, 9.17) is 17.2 Å². The van der Waals surface area contributed by atoms with E-state index >= 15 is 0 Å². The molecule has 0 atom stereocenters. The van der Waals surface area contributed by atoms with Gasteiger partial charge in [-0.05, 0) is 97.9 Å². The summed E-state index contributed by atoms with van der Waals surface area (Å²) in [5.41, 5.74) is 23.2. The molecule has 0 bridgehead atoms. The largest absolute Gasteiger partial charge is 0.330 e. The monoisotopic (exact) mass is 485 g/mol. The summed E-state index contributed by atoms with van der Waals surface area (Å²) in [6, 6.07) is 14.2. The molecule has 0 spiro atoms. The summed E-state index contributed by atoms with van der Waals surface area (Å²) in [6.07, 6.45) is 4.11. The molecule has 3 aromatic carbocycles. The van der Waals surface area contributed by atoms with Crippen LogP contribution in [-0.2, 0) is 25.7 Å². The Kier molecular flexibility index (Phi) is 10.2. The van der Waals surface area contributed by atoms with Crippen molar-refractivity contribution in [2.24, 2.45) is 17.2 Å². The molecule has 5 heteroatoms. The van der Waals surface area contributed by atoms with Gasteiger partial charge in [-0.2, -0.15) is 0 Å². The standard InChI is InChI=1S/C31H33F2N3/c1-2-3-22-14-23(16-25(15-22)8-11-34)4-6-28-20-29(31(33)21-30(28)32)7-5-24-17-26(9-12-35)19-27(18-24)10-13-36/h14-21H,2-3,8-13,34-36H2,1H3. The molecule has 0 saturated carbocycles. The summed E-state index contributed by atoms with van der Waals surface area (Å²) in [6.45, 7) is 3.69. The average molecular weight is 486 g/mol. The van der Waals surface area contributed by atoms with Crippen LogP contribution < -0.4 is 17.2 Å². The average Bonchev–Trinajstić information content (AvgIpc) is 2.83. The van der Waals surface area contributed by atoms with Crippen LogP contribution in [0.1, 0.15) is 57.9 Å². The van der Waals surface area contributed by atoms with E-state index in [1.54, 1.807) is 0 Å². The van der Waals surface area contributed by atoms with Gasteiger partial charge >= 0.3 is 0 Å². The number of halogens is 2. The fraction of sp³-hybridized carbons (Fsp3) is 0.290. The molecule has 3 aromatic rings. The van der Waals surface area contributed by atoms with Crippen molar-refractivity contribution in [3.8, 4) is 23.7 Å². The predicted molar refractivity (Wildman–Crippen MR) is 143 cm³/mol. The van der Waals surface area contributed by atoms with Crippen molar-refractivity contribution in [3.05, 3.63) is 105 Å². The van der Waals surface area contributed by atoms with Crippen LogP contribution in [0.2, 0.25) is 0 Å². The molecule has 0 fully saturated rings. The van der Waals surface area contributed by atoms with E-state index in [2.05, 4.69) is 42.7 Å². The molecule has 0 aliphatic rings. The second-order valence-corrected chi connectivity index (χ2v) is 8.75. The molecular formula is C31H33F2N3. The number of hydrogen-bond donors (Lipinski definition) is 3. The third-order valence-electron chi connectivity index (χ3n) is 5.68. The molecule has 3 rings (SSSR count). The van der Waals surface area contributed by atoms with Gasteiger partial charge in [0.2, 0.25) is 0 Å². The van der Waals surface area contributed by atoms with Crippen molar-refractivity contribution in [1.29, 1.82) is 0 Å². The maximum atomic E-state index is 14.5. The molecule has 186 valence electrons. The van der Waals surface area contributed by atoms with E-state index in [0.29, 0.717) is 32.5 Å². The lowest BCUT2D eigenvalue weighted by atomic mass is 10.0. The van der Waals surface area contributed by atoms with Gasteiger partial charge < -0.3 is 17.2 Å². The van der Waals surface area contributed by atoms with Crippen LogP contribution >= 0.6 is 0 Å². The quantitative estimate of drug-likeness (QED) is 0.418. The smallest absolute Gasteiger partial charge is 0.141 e. The number of hydrogen-bond acceptors (Lipinski definition) is 3. The van der Waals surface area contributed by atoms with Gasteiger partial charge in [0.1, 0.15) is 11.6 Å². The molecule has 36 heavy (non-hydrogen) atoms. The van der Waals surface area contributed by atoms with E-state index in [1.165, 1.54) is 11.6 Å². The minimum absolute atomic E-state index is 0.0915. The van der Waals surface area contributed by atoms with Gasteiger partial charge in [-0.15, -0.1) is 0 Å². The lowest BCUT2D eigenvalue weighted by Crippen LogP contribution is -2.06. The summed E-state index contributed by atoms with van der Waals surface area (Å²) in [4.78, 5) is 0. The first-order valence-electron chi connectivity index (χ1n) is 12.3. The molecule has 0 aliphatic heterocycles. The Morgan fingerprint density at radius 3 is 1.28 bits per heavy atom. The van der Waals surface area contributed by atoms with Crippen molar-refractivity contribution in [2.45, 2.75) is 39.0 Å². The SMILES string of the molecule is CCCc1cc(C#Cc2cc(C#Cc3cc(CCN)cc(CCN)c3)c(F)cc2F)cc(CCN)c1. The lowest BCUT2D eigenvalue weighted by molar-refractivity contribution is 0.579. The van der Waals surface area contributed by atoms with Gasteiger partial charge in [0.15, 0.2) is 0 Å². The van der Waals surface area contributed by atoms with Crippen LogP contribution in [-0.4, -0.2) is 19.6 Å². The number of benzene rings is 3. The van der Waals surface area contributed by atoms with Crippen LogP contribution in [0.4, 0.5) is 8.78 Å². The molecule has 0 radical (unpaired) electrons. The van der Waals surface area contributed by atoms with Crippen molar-refractivity contribution in [2.75, 3.05) is 19.6 Å². The Hall–Kier alpha value is -3.48. The number of nitrogens with two attached hydrogens (primary N) is 3. The topological polar surface area (TPSA) is 78.1 Å². The van der Waals surface area contributed by atoms with Crippen molar-refractivity contribution in [1.82, 2.24) is 0 Å². The molecule has 0 aliphatic carbocycles. The van der Waals surface area contributed by atoms with Gasteiger partial charge in [-0.3, -0.25) is 0 Å². The molecule has 0 saturated heterocycles. The summed E-state index contributed by atoms with van der Waals surface area (Å²) in [5.74, 6) is 10.3. The zero-order valence-corrected chi connectivity index (χ0v) is 20.8. The molecule has 0 amide bonds. The third kappa shape index (κ3) is 7.77. The van der Waals surface area contributed by atoms with E-state index in [1.807, 2.05) is 24.3 Å². The third-order valence-corrected chi connectivity index (χ3v) is 5.68. The zero-order chi connectivity index (χ0) is 25.9. The first kappa shape index (κ1) is 27.1. The minimum Gasteiger partial charge on any atom is -0.330 e. The van der Waals surface area contributed by atoms with E-state index in [9.17, 15) is 8.78 Å². The van der Waals surface area contributed by atoms with Gasteiger partial charge in [0, 0.05) is 17.2 Å². The Morgan fingerprint density at radius 1 is 0.528 bits per heavy atom. The predicted octanol–water partition coefficient (Wildman–Crippen LogP) is 4.22. The molecule has 0 heterocycles. The molecule has 3 nitrogen and oxygen atoms in total. The number of rotatable bonds is 8. The van der Waals surface area contributed by atoms with Gasteiger partial charge in [-0.1, -0.05) is 49.2 Å². The Labute approximate surface area is 213 Å². The summed E-state index contributed by atoms with van der Waals surface area (Å²) in [7, 11) is 0. The number of aryl methyl sites for hydroxylation is 1. The van der Waals surface area contributed by atoms with E-state index in [-0.39, 0.29) is 11.1 Å². The summed E-state index contributed by atoms with van der Waals surface area (Å²) in [5, 5.41) is 0. The fourth-order valence-corrected chi connectivity index (χ4v) is 4.06. The normalized spacial score (nSPS) is 10.4. The highest BCUT2D eigenvalue weighted by Gasteiger charge is 2.08. The van der Waals surface area contributed by atoms with Crippen LogP contribution in [0.25, 0.3) is 0 Å². The van der Waals surface area contributed by atoms with Gasteiger partial charge in [0.25, 0.3) is 0 Å². The van der Waals surface area contributed by atoms with Crippen LogP contribution in [0.5, 0.6) is 0 Å². The first-order valence-corrected chi connectivity index (χ1v) is 12.3. The van der Waals surface area contributed by atoms with Gasteiger partial charge in [-0.25, -0.2) is 8.78 Å². The molecular weight excluding hydrogens is 452 g/mol. The Balaban J connectivity index is 1.96. The summed E-state index contributed by atoms with van der Waals surface area (Å²) < 4.78 is 29.1. The Morgan fingerprint density at radius 2 is 0.917 bits per heavy atom. The zero-order valence-electron chi connectivity index (χ0n) is 20.8. The van der Waals surface area contributed by atoms with Gasteiger partial charge in [0.05, 0.1) is 11.1 Å². The fourth-order valence-electron chi connectivity index (χ4n) is 4.06. The lowest BCUT2D eigenvalue weighted by Gasteiger charge is -2.06. The van der Waals surface area contributed by atoms with Crippen LogP contribution in [0.3, 0.4) is 0 Å². The molecule has 6 N–H and O–H groups in total. The highest BCUT2D eigenvalue weighted by Crippen LogP contribution is 2.17. The molecule has 0 unspecified atom stereocenters. The molecule has 0 aromatic heterocycles. The highest BCUT2D eigenvalue weighted by atomic mass is 19.1. The van der Waals surface area contributed by atoms with E-state index in [0.717, 1.165) is 53.1 Å². The van der Waals surface area contributed by atoms with Crippen molar-refractivity contribution >= 4 is 0 Å². The highest BCUT2D eigenvalue weighted by molar-refractivity contribution is 5.52. The van der Waals surface area contributed by atoms with Crippen molar-refractivity contribution < 1.29 is 8.78 Å². The van der Waals surface area contributed by atoms with Crippen LogP contribution in [0, 0.1) is 35.3 Å². The van der Waals surface area contributed by atoms with Crippen LogP contribution in [0.15, 0.2) is 48.5 Å². The van der Waals surface area contributed by atoms with Crippen molar-refractivity contribution in [3.63, 3.8) is 0 Å². The maximum absolute atomic E-state index is 14.5. The summed E-state index contributed by atoms with van der Waals surface area (Å²) >= 11 is 0. The maximum Gasteiger partial charge on any atom is 0.141 e. The second-order valence-electron chi connectivity index (χ2n) is 8.75. The second kappa shape index (κ2) is 13.6.